The monoisotopic (exact) mass is 402 g/mol. The summed E-state index contributed by atoms with van der Waals surface area (Å²) in [7, 11) is 0. The van der Waals surface area contributed by atoms with Crippen LogP contribution in [-0.4, -0.2) is 42.6 Å². The van der Waals surface area contributed by atoms with E-state index in [-0.39, 0.29) is 0 Å². The zero-order valence-corrected chi connectivity index (χ0v) is 16.7. The van der Waals surface area contributed by atoms with Gasteiger partial charge in [0.1, 0.15) is 5.82 Å². The second-order valence-corrected chi connectivity index (χ2v) is 7.51. The SMILES string of the molecule is CCN1CCN(c2cc(CN[C@H](C)c3ccc(Br)cc3)ccn2)CC1. The number of nitrogens with one attached hydrogen (secondary N) is 1. The largest absolute Gasteiger partial charge is 0.354 e. The number of aromatic nitrogens is 1. The number of rotatable bonds is 6. The quantitative estimate of drug-likeness (QED) is 0.794. The first-order valence-electron chi connectivity index (χ1n) is 9.07. The van der Waals surface area contributed by atoms with Crippen molar-refractivity contribution in [1.29, 1.82) is 0 Å². The number of likely N-dealkylation sites (N-methyl/N-ethyl adjacent to an activating group) is 1. The van der Waals surface area contributed by atoms with E-state index in [1.807, 2.05) is 6.20 Å². The Morgan fingerprint density at radius 3 is 2.52 bits per heavy atom. The van der Waals surface area contributed by atoms with Crippen LogP contribution in [0, 0.1) is 0 Å². The van der Waals surface area contributed by atoms with Gasteiger partial charge in [-0.3, -0.25) is 0 Å². The van der Waals surface area contributed by atoms with Gasteiger partial charge in [-0.15, -0.1) is 0 Å². The number of hydrogen-bond donors (Lipinski definition) is 1. The summed E-state index contributed by atoms with van der Waals surface area (Å²) in [6.45, 7) is 10.8. The summed E-state index contributed by atoms with van der Waals surface area (Å²) in [5.41, 5.74) is 2.58. The summed E-state index contributed by atoms with van der Waals surface area (Å²) in [5, 5.41) is 3.61. The molecule has 1 aliphatic heterocycles. The van der Waals surface area contributed by atoms with Crippen LogP contribution in [0.1, 0.15) is 31.0 Å². The number of hydrogen-bond acceptors (Lipinski definition) is 4. The number of benzene rings is 1. The number of halogens is 1. The lowest BCUT2D eigenvalue weighted by Gasteiger charge is -2.34. The lowest BCUT2D eigenvalue weighted by Crippen LogP contribution is -2.46. The van der Waals surface area contributed by atoms with Gasteiger partial charge in [0.05, 0.1) is 0 Å². The van der Waals surface area contributed by atoms with Crippen LogP contribution in [0.4, 0.5) is 5.82 Å². The van der Waals surface area contributed by atoms with Crippen molar-refractivity contribution < 1.29 is 0 Å². The van der Waals surface area contributed by atoms with E-state index in [1.54, 1.807) is 0 Å². The molecule has 3 rings (SSSR count). The van der Waals surface area contributed by atoms with Crippen LogP contribution in [-0.2, 0) is 6.54 Å². The summed E-state index contributed by atoms with van der Waals surface area (Å²) in [5.74, 6) is 1.10. The predicted molar refractivity (Wildman–Crippen MR) is 108 cm³/mol. The van der Waals surface area contributed by atoms with Crippen molar-refractivity contribution in [1.82, 2.24) is 15.2 Å². The first-order chi connectivity index (χ1) is 12.2. The molecule has 25 heavy (non-hydrogen) atoms. The first-order valence-corrected chi connectivity index (χ1v) is 9.86. The van der Waals surface area contributed by atoms with E-state index in [9.17, 15) is 0 Å². The minimum absolute atomic E-state index is 0.317. The van der Waals surface area contributed by atoms with Gasteiger partial charge >= 0.3 is 0 Å². The molecule has 1 aromatic carbocycles. The molecule has 0 aliphatic carbocycles. The molecule has 1 N–H and O–H groups in total. The summed E-state index contributed by atoms with van der Waals surface area (Å²) in [6.07, 6.45) is 1.93. The van der Waals surface area contributed by atoms with Crippen LogP contribution in [0.15, 0.2) is 47.1 Å². The Morgan fingerprint density at radius 1 is 1.12 bits per heavy atom. The van der Waals surface area contributed by atoms with E-state index < -0.39 is 0 Å². The van der Waals surface area contributed by atoms with Gasteiger partial charge in [0.15, 0.2) is 0 Å². The average molecular weight is 403 g/mol. The van der Waals surface area contributed by atoms with Crippen molar-refractivity contribution >= 4 is 21.7 Å². The summed E-state index contributed by atoms with van der Waals surface area (Å²) in [4.78, 5) is 9.47. The highest BCUT2D eigenvalue weighted by atomic mass is 79.9. The molecule has 2 aromatic rings. The van der Waals surface area contributed by atoms with Crippen molar-refractivity contribution in [3.8, 4) is 0 Å². The van der Waals surface area contributed by atoms with E-state index in [0.717, 1.165) is 49.6 Å². The van der Waals surface area contributed by atoms with Crippen molar-refractivity contribution in [2.75, 3.05) is 37.6 Å². The fourth-order valence-corrected chi connectivity index (χ4v) is 3.44. The summed E-state index contributed by atoms with van der Waals surface area (Å²) in [6, 6.07) is 13.1. The lowest BCUT2D eigenvalue weighted by atomic mass is 10.1. The first kappa shape index (κ1) is 18.4. The highest BCUT2D eigenvalue weighted by Crippen LogP contribution is 2.18. The molecule has 0 saturated carbocycles. The molecule has 0 bridgehead atoms. The molecule has 1 aliphatic rings. The molecule has 2 heterocycles. The van der Waals surface area contributed by atoms with E-state index in [0.29, 0.717) is 6.04 Å². The zero-order valence-electron chi connectivity index (χ0n) is 15.1. The van der Waals surface area contributed by atoms with Crippen LogP contribution < -0.4 is 10.2 Å². The Morgan fingerprint density at radius 2 is 1.84 bits per heavy atom. The molecule has 0 amide bonds. The van der Waals surface area contributed by atoms with Crippen molar-refractivity contribution in [3.05, 3.63) is 58.2 Å². The van der Waals surface area contributed by atoms with Gasteiger partial charge in [0.2, 0.25) is 0 Å². The topological polar surface area (TPSA) is 31.4 Å². The molecule has 1 aromatic heterocycles. The summed E-state index contributed by atoms with van der Waals surface area (Å²) >= 11 is 3.49. The van der Waals surface area contributed by atoms with Crippen molar-refractivity contribution in [2.45, 2.75) is 26.4 Å². The fraction of sp³-hybridized carbons (Fsp3) is 0.450. The number of nitrogens with zero attached hydrogens (tertiary/aromatic N) is 3. The van der Waals surface area contributed by atoms with Crippen LogP contribution in [0.2, 0.25) is 0 Å². The average Bonchev–Trinajstić information content (AvgIpc) is 2.67. The Labute approximate surface area is 159 Å². The van der Waals surface area contributed by atoms with Gasteiger partial charge in [-0.25, -0.2) is 4.98 Å². The van der Waals surface area contributed by atoms with Crippen LogP contribution in [0.5, 0.6) is 0 Å². The molecule has 5 heteroatoms. The Hall–Kier alpha value is -1.43. The normalized spacial score (nSPS) is 16.8. The molecule has 134 valence electrons. The molecule has 0 unspecified atom stereocenters. The number of piperazine rings is 1. The highest BCUT2D eigenvalue weighted by Gasteiger charge is 2.16. The van der Waals surface area contributed by atoms with Crippen LogP contribution in [0.25, 0.3) is 0 Å². The molecule has 0 radical (unpaired) electrons. The highest BCUT2D eigenvalue weighted by molar-refractivity contribution is 9.10. The minimum atomic E-state index is 0.317. The van der Waals surface area contributed by atoms with E-state index in [2.05, 4.69) is 86.3 Å². The van der Waals surface area contributed by atoms with Crippen LogP contribution >= 0.6 is 15.9 Å². The Kier molecular flexibility index (Phi) is 6.45. The Bertz CT molecular complexity index is 666. The van der Waals surface area contributed by atoms with Gasteiger partial charge in [0, 0.05) is 49.4 Å². The third kappa shape index (κ3) is 5.03. The fourth-order valence-electron chi connectivity index (χ4n) is 3.18. The maximum atomic E-state index is 4.58. The van der Waals surface area contributed by atoms with Gasteiger partial charge in [-0.2, -0.15) is 0 Å². The minimum Gasteiger partial charge on any atom is -0.354 e. The van der Waals surface area contributed by atoms with Crippen molar-refractivity contribution in [2.24, 2.45) is 0 Å². The molecule has 0 spiro atoms. The van der Waals surface area contributed by atoms with Gasteiger partial charge in [-0.05, 0) is 48.9 Å². The lowest BCUT2D eigenvalue weighted by molar-refractivity contribution is 0.270. The number of pyridine rings is 1. The summed E-state index contributed by atoms with van der Waals surface area (Å²) < 4.78 is 1.12. The van der Waals surface area contributed by atoms with Gasteiger partial charge in [0.25, 0.3) is 0 Å². The van der Waals surface area contributed by atoms with Gasteiger partial charge < -0.3 is 15.1 Å². The smallest absolute Gasteiger partial charge is 0.128 e. The molecule has 1 saturated heterocycles. The molecular formula is C20H27BrN4. The maximum absolute atomic E-state index is 4.58. The zero-order chi connectivity index (χ0) is 17.6. The van der Waals surface area contributed by atoms with E-state index >= 15 is 0 Å². The van der Waals surface area contributed by atoms with Gasteiger partial charge in [-0.1, -0.05) is 35.0 Å². The molecular weight excluding hydrogens is 376 g/mol. The third-order valence-corrected chi connectivity index (χ3v) is 5.46. The molecule has 1 atom stereocenters. The second kappa shape index (κ2) is 8.79. The predicted octanol–water partition coefficient (Wildman–Crippen LogP) is 3.84. The van der Waals surface area contributed by atoms with E-state index in [4.69, 9.17) is 0 Å². The number of anilines is 1. The standard InChI is InChI=1S/C20H27BrN4/c1-3-24-10-12-25(13-11-24)20-14-17(8-9-22-20)15-23-16(2)18-4-6-19(21)7-5-18/h4-9,14,16,23H,3,10-13,15H2,1-2H3/t16-/m1/s1. The third-order valence-electron chi connectivity index (χ3n) is 4.94. The molecule has 4 nitrogen and oxygen atoms in total. The van der Waals surface area contributed by atoms with E-state index in [1.165, 1.54) is 11.1 Å². The molecule has 1 fully saturated rings. The van der Waals surface area contributed by atoms with Crippen molar-refractivity contribution in [3.63, 3.8) is 0 Å². The van der Waals surface area contributed by atoms with Crippen LogP contribution in [0.3, 0.4) is 0 Å². The second-order valence-electron chi connectivity index (χ2n) is 6.60. The Balaban J connectivity index is 1.57. The maximum Gasteiger partial charge on any atom is 0.128 e.